The topological polar surface area (TPSA) is 47.6 Å². The molecule has 0 spiro atoms. The Morgan fingerprint density at radius 2 is 2.21 bits per heavy atom. The van der Waals surface area contributed by atoms with Crippen LogP contribution in [-0.2, 0) is 14.3 Å². The van der Waals surface area contributed by atoms with Crippen molar-refractivity contribution < 1.29 is 14.3 Å². The number of methoxy groups -OCH3 is 1. The zero-order valence-corrected chi connectivity index (χ0v) is 9.43. The van der Waals surface area contributed by atoms with E-state index in [1.807, 2.05) is 0 Å². The minimum atomic E-state index is -0.294. The van der Waals surface area contributed by atoms with E-state index >= 15 is 0 Å². The van der Waals surface area contributed by atoms with E-state index in [2.05, 4.69) is 5.32 Å². The van der Waals surface area contributed by atoms with E-state index in [9.17, 15) is 4.79 Å². The number of hydrogen-bond donors (Lipinski definition) is 1. The first-order chi connectivity index (χ1) is 6.27. The highest BCUT2D eigenvalue weighted by molar-refractivity contribution is 5.85. The molecule has 0 aromatic heterocycles. The van der Waals surface area contributed by atoms with E-state index in [-0.39, 0.29) is 24.4 Å². The van der Waals surface area contributed by atoms with Crippen molar-refractivity contribution in [1.82, 2.24) is 5.32 Å². The van der Waals surface area contributed by atoms with Gasteiger partial charge in [-0.15, -0.1) is 12.4 Å². The molecule has 1 aliphatic rings. The molecule has 1 fully saturated rings. The highest BCUT2D eigenvalue weighted by atomic mass is 35.5. The number of ether oxygens (including phenoxy) is 2. The van der Waals surface area contributed by atoms with Crippen molar-refractivity contribution in [2.45, 2.75) is 31.8 Å². The largest absolute Gasteiger partial charge is 0.465 e. The van der Waals surface area contributed by atoms with Crippen LogP contribution in [0.1, 0.15) is 19.8 Å². The molecule has 1 N–H and O–H groups in total. The molecule has 84 valence electrons. The van der Waals surface area contributed by atoms with Crippen molar-refractivity contribution in [3.63, 3.8) is 0 Å². The molecule has 1 rings (SSSR count). The molecular weight excluding hydrogens is 206 g/mol. The Kier molecular flexibility index (Phi) is 6.87. The Morgan fingerprint density at radius 1 is 1.57 bits per heavy atom. The van der Waals surface area contributed by atoms with Crippen LogP contribution in [0.5, 0.6) is 0 Å². The molecule has 1 atom stereocenters. The van der Waals surface area contributed by atoms with Crippen molar-refractivity contribution in [3.8, 4) is 0 Å². The zero-order chi connectivity index (χ0) is 9.68. The number of halogens is 1. The van der Waals surface area contributed by atoms with Gasteiger partial charge in [0.05, 0.1) is 13.2 Å². The van der Waals surface area contributed by atoms with Crippen molar-refractivity contribution in [1.29, 1.82) is 0 Å². The fraction of sp³-hybridized carbons (Fsp3) is 0.889. The summed E-state index contributed by atoms with van der Waals surface area (Å²) in [6.07, 6.45) is 2.30. The third-order valence-corrected chi connectivity index (χ3v) is 1.92. The average Bonchev–Trinajstić information content (AvgIpc) is 2.88. The van der Waals surface area contributed by atoms with Crippen LogP contribution in [0, 0.1) is 0 Å². The average molecular weight is 224 g/mol. The van der Waals surface area contributed by atoms with Crippen molar-refractivity contribution in [2.75, 3.05) is 20.3 Å². The van der Waals surface area contributed by atoms with Crippen LogP contribution in [0.3, 0.4) is 0 Å². The van der Waals surface area contributed by atoms with Crippen LogP contribution in [0.2, 0.25) is 0 Å². The molecule has 5 heteroatoms. The fourth-order valence-electron chi connectivity index (χ4n) is 1.13. The maximum Gasteiger partial charge on any atom is 0.325 e. The Morgan fingerprint density at radius 3 is 2.64 bits per heavy atom. The predicted octanol–water partition coefficient (Wildman–Crippen LogP) is 0.738. The molecule has 1 saturated carbocycles. The van der Waals surface area contributed by atoms with Crippen LogP contribution in [0.15, 0.2) is 0 Å². The van der Waals surface area contributed by atoms with Gasteiger partial charge in [0, 0.05) is 13.2 Å². The lowest BCUT2D eigenvalue weighted by Crippen LogP contribution is -2.42. The number of carbonyl (C=O) groups excluding carboxylic acids is 1. The molecule has 0 aliphatic heterocycles. The van der Waals surface area contributed by atoms with Crippen molar-refractivity contribution in [2.24, 2.45) is 0 Å². The standard InChI is InChI=1S/C9H17NO3.ClH/c1-3-13-9(11)8(6-12-2)10-7-4-5-7;/h7-8,10H,3-6H2,1-2H3;1H. The van der Waals surface area contributed by atoms with Crippen LogP contribution in [0.4, 0.5) is 0 Å². The van der Waals surface area contributed by atoms with Gasteiger partial charge in [-0.3, -0.25) is 10.1 Å². The normalized spacial score (nSPS) is 17.0. The second-order valence-electron chi connectivity index (χ2n) is 3.20. The van der Waals surface area contributed by atoms with E-state index in [1.54, 1.807) is 14.0 Å². The number of carbonyl (C=O) groups is 1. The SMILES string of the molecule is CCOC(=O)C(COC)NC1CC1.Cl. The molecule has 0 heterocycles. The Labute approximate surface area is 90.7 Å². The number of esters is 1. The molecule has 1 aliphatic carbocycles. The van der Waals surface area contributed by atoms with Crippen molar-refractivity contribution >= 4 is 18.4 Å². The van der Waals surface area contributed by atoms with E-state index in [0.717, 1.165) is 12.8 Å². The maximum absolute atomic E-state index is 11.3. The second-order valence-corrected chi connectivity index (χ2v) is 3.20. The molecule has 4 nitrogen and oxygen atoms in total. The van der Waals surface area contributed by atoms with E-state index in [4.69, 9.17) is 9.47 Å². The van der Waals surface area contributed by atoms with Crippen LogP contribution >= 0.6 is 12.4 Å². The summed E-state index contributed by atoms with van der Waals surface area (Å²) in [6, 6.07) is 0.196. The lowest BCUT2D eigenvalue weighted by molar-refractivity contribution is -0.147. The van der Waals surface area contributed by atoms with Gasteiger partial charge in [-0.05, 0) is 19.8 Å². The maximum atomic E-state index is 11.3. The second kappa shape index (κ2) is 7.04. The zero-order valence-electron chi connectivity index (χ0n) is 8.62. The number of hydrogen-bond acceptors (Lipinski definition) is 4. The van der Waals surface area contributed by atoms with Crippen molar-refractivity contribution in [3.05, 3.63) is 0 Å². The van der Waals surface area contributed by atoms with Gasteiger partial charge in [0.2, 0.25) is 0 Å². The highest BCUT2D eigenvalue weighted by Gasteiger charge is 2.28. The van der Waals surface area contributed by atoms with Gasteiger partial charge >= 0.3 is 5.97 Å². The molecule has 0 saturated heterocycles. The lowest BCUT2D eigenvalue weighted by Gasteiger charge is -2.15. The van der Waals surface area contributed by atoms with Gasteiger partial charge in [0.1, 0.15) is 6.04 Å². The van der Waals surface area contributed by atoms with E-state index in [0.29, 0.717) is 19.3 Å². The van der Waals surface area contributed by atoms with Crippen LogP contribution in [0.25, 0.3) is 0 Å². The summed E-state index contributed by atoms with van der Waals surface area (Å²) >= 11 is 0. The fourth-order valence-corrected chi connectivity index (χ4v) is 1.13. The summed E-state index contributed by atoms with van der Waals surface area (Å²) in [6.45, 7) is 2.61. The first-order valence-electron chi connectivity index (χ1n) is 4.69. The van der Waals surface area contributed by atoms with Gasteiger partial charge in [-0.1, -0.05) is 0 Å². The molecule has 1 unspecified atom stereocenters. The third-order valence-electron chi connectivity index (χ3n) is 1.92. The summed E-state index contributed by atoms with van der Waals surface area (Å²) in [5, 5.41) is 3.18. The summed E-state index contributed by atoms with van der Waals surface area (Å²) in [5.74, 6) is -0.212. The first-order valence-corrected chi connectivity index (χ1v) is 4.69. The molecular formula is C9H18ClNO3. The number of rotatable bonds is 6. The molecule has 0 radical (unpaired) electrons. The lowest BCUT2D eigenvalue weighted by atomic mass is 10.3. The Bertz CT molecular complexity index is 173. The monoisotopic (exact) mass is 223 g/mol. The van der Waals surface area contributed by atoms with E-state index < -0.39 is 0 Å². The quantitative estimate of drug-likeness (QED) is 0.675. The van der Waals surface area contributed by atoms with Crippen LogP contribution < -0.4 is 5.32 Å². The summed E-state index contributed by atoms with van der Waals surface area (Å²) in [4.78, 5) is 11.3. The minimum absolute atomic E-state index is 0. The molecule has 0 aromatic carbocycles. The minimum Gasteiger partial charge on any atom is -0.465 e. The van der Waals surface area contributed by atoms with Gasteiger partial charge in [-0.2, -0.15) is 0 Å². The molecule has 0 amide bonds. The van der Waals surface area contributed by atoms with E-state index in [1.165, 1.54) is 0 Å². The highest BCUT2D eigenvalue weighted by Crippen LogP contribution is 2.19. The molecule has 14 heavy (non-hydrogen) atoms. The molecule has 0 aromatic rings. The third kappa shape index (κ3) is 4.79. The summed E-state index contributed by atoms with van der Waals surface area (Å²) in [5.41, 5.74) is 0. The number of nitrogens with one attached hydrogen (secondary N) is 1. The first kappa shape index (κ1) is 13.7. The Balaban J connectivity index is 0.00000169. The molecule has 0 bridgehead atoms. The summed E-state index contributed by atoms with van der Waals surface area (Å²) < 4.78 is 9.84. The smallest absolute Gasteiger partial charge is 0.325 e. The van der Waals surface area contributed by atoms with Gasteiger partial charge < -0.3 is 9.47 Å². The van der Waals surface area contributed by atoms with Gasteiger partial charge in [-0.25, -0.2) is 0 Å². The van der Waals surface area contributed by atoms with Crippen LogP contribution in [-0.4, -0.2) is 38.4 Å². The predicted molar refractivity (Wildman–Crippen MR) is 55.7 cm³/mol. The summed E-state index contributed by atoms with van der Waals surface area (Å²) in [7, 11) is 1.58. The Hall–Kier alpha value is -0.320. The van der Waals surface area contributed by atoms with Gasteiger partial charge in [0.15, 0.2) is 0 Å². The van der Waals surface area contributed by atoms with Gasteiger partial charge in [0.25, 0.3) is 0 Å².